The van der Waals surface area contributed by atoms with Crippen molar-refractivity contribution in [2.24, 2.45) is 0 Å². The van der Waals surface area contributed by atoms with E-state index in [-0.39, 0.29) is 18.2 Å². The van der Waals surface area contributed by atoms with E-state index in [1.165, 1.54) is 30.6 Å². The number of alkyl halides is 3. The molecule has 3 heterocycles. The maximum atomic E-state index is 12.7. The Bertz CT molecular complexity index is 1010. The first-order valence-electron chi connectivity index (χ1n) is 8.50. The van der Waals surface area contributed by atoms with Crippen LogP contribution in [0.4, 0.5) is 13.2 Å². The number of aromatic nitrogens is 4. The standard InChI is InChI=1S/C18H14F3N5O3/c19-18(20,21)29-12-5-3-11(4-6-12)17(25-16(27)15-23-10-24-26-15)7-9-28-13-2-1-8-22-14(13)17/h1-6,8,10H,7,9H2,(H,25,27)(H,23,24,26). The van der Waals surface area contributed by atoms with Crippen molar-refractivity contribution in [1.29, 1.82) is 0 Å². The lowest BCUT2D eigenvalue weighted by Gasteiger charge is -2.38. The van der Waals surface area contributed by atoms with Crippen LogP contribution < -0.4 is 14.8 Å². The van der Waals surface area contributed by atoms with Gasteiger partial charge in [-0.3, -0.25) is 9.78 Å². The maximum absolute atomic E-state index is 12.7. The first kappa shape index (κ1) is 18.7. The number of ether oxygens (including phenoxy) is 2. The predicted molar refractivity (Wildman–Crippen MR) is 92.1 cm³/mol. The Morgan fingerprint density at radius 1 is 1.24 bits per heavy atom. The number of nitrogens with zero attached hydrogens (tertiary/aromatic N) is 3. The van der Waals surface area contributed by atoms with Crippen molar-refractivity contribution < 1.29 is 27.4 Å². The predicted octanol–water partition coefficient (Wildman–Crippen LogP) is 2.55. The van der Waals surface area contributed by atoms with Crippen LogP contribution in [-0.2, 0) is 5.54 Å². The van der Waals surface area contributed by atoms with E-state index in [2.05, 4.69) is 30.2 Å². The molecule has 11 heteroatoms. The number of amides is 1. The Balaban J connectivity index is 1.77. The highest BCUT2D eigenvalue weighted by atomic mass is 19.4. The molecule has 1 amide bonds. The number of carbonyl (C=O) groups excluding carboxylic acids is 1. The molecule has 8 nitrogen and oxygen atoms in total. The third-order valence-electron chi connectivity index (χ3n) is 4.45. The lowest BCUT2D eigenvalue weighted by atomic mass is 9.81. The quantitative estimate of drug-likeness (QED) is 0.692. The van der Waals surface area contributed by atoms with Crippen LogP contribution in [0.25, 0.3) is 0 Å². The van der Waals surface area contributed by atoms with Crippen molar-refractivity contribution in [2.45, 2.75) is 18.3 Å². The Morgan fingerprint density at radius 2 is 2.03 bits per heavy atom. The Morgan fingerprint density at radius 3 is 2.72 bits per heavy atom. The number of aromatic amines is 1. The van der Waals surface area contributed by atoms with Crippen molar-refractivity contribution >= 4 is 5.91 Å². The highest BCUT2D eigenvalue weighted by Gasteiger charge is 2.43. The number of H-pyrrole nitrogens is 1. The number of hydrogen-bond donors (Lipinski definition) is 2. The van der Waals surface area contributed by atoms with Gasteiger partial charge in [0.2, 0.25) is 5.82 Å². The van der Waals surface area contributed by atoms with Gasteiger partial charge in [0.15, 0.2) is 0 Å². The lowest BCUT2D eigenvalue weighted by Crippen LogP contribution is -2.50. The summed E-state index contributed by atoms with van der Waals surface area (Å²) in [5.74, 6) is -0.458. The Kier molecular flexibility index (Phi) is 4.57. The molecule has 1 aromatic carbocycles. The van der Waals surface area contributed by atoms with Crippen molar-refractivity contribution in [2.75, 3.05) is 6.61 Å². The lowest BCUT2D eigenvalue weighted by molar-refractivity contribution is -0.274. The van der Waals surface area contributed by atoms with Crippen molar-refractivity contribution in [1.82, 2.24) is 25.5 Å². The van der Waals surface area contributed by atoms with Gasteiger partial charge < -0.3 is 19.8 Å². The molecule has 0 fully saturated rings. The normalized spacial score (nSPS) is 18.4. The molecule has 0 aliphatic carbocycles. The van der Waals surface area contributed by atoms with Crippen LogP contribution in [-0.4, -0.2) is 39.0 Å². The highest BCUT2D eigenvalue weighted by molar-refractivity contribution is 5.91. The van der Waals surface area contributed by atoms with Crippen LogP contribution in [0.1, 0.15) is 28.3 Å². The van der Waals surface area contributed by atoms with E-state index in [0.717, 1.165) is 0 Å². The summed E-state index contributed by atoms with van der Waals surface area (Å²) in [6.45, 7) is 0.260. The molecule has 150 valence electrons. The summed E-state index contributed by atoms with van der Waals surface area (Å²) in [6.07, 6.45) is -1.69. The second-order valence-corrected chi connectivity index (χ2v) is 6.22. The molecular formula is C18H14F3N5O3. The molecule has 2 aromatic heterocycles. The summed E-state index contributed by atoms with van der Waals surface area (Å²) >= 11 is 0. The van der Waals surface area contributed by atoms with Crippen molar-refractivity contribution in [3.8, 4) is 11.5 Å². The van der Waals surface area contributed by atoms with E-state index >= 15 is 0 Å². The van der Waals surface area contributed by atoms with Gasteiger partial charge in [0.1, 0.15) is 29.1 Å². The average Bonchev–Trinajstić information content (AvgIpc) is 3.22. The van der Waals surface area contributed by atoms with Crippen molar-refractivity contribution in [3.05, 3.63) is 66.0 Å². The van der Waals surface area contributed by atoms with Gasteiger partial charge in [-0.15, -0.1) is 23.4 Å². The van der Waals surface area contributed by atoms with Gasteiger partial charge in [0, 0.05) is 12.6 Å². The molecule has 1 atom stereocenters. The molecule has 2 N–H and O–H groups in total. The second-order valence-electron chi connectivity index (χ2n) is 6.22. The summed E-state index contributed by atoms with van der Waals surface area (Å²) in [6, 6.07) is 8.66. The zero-order valence-corrected chi connectivity index (χ0v) is 14.7. The van der Waals surface area contributed by atoms with Crippen LogP contribution in [0, 0.1) is 0 Å². The highest BCUT2D eigenvalue weighted by Crippen LogP contribution is 2.41. The fourth-order valence-corrected chi connectivity index (χ4v) is 3.25. The Hall–Kier alpha value is -3.63. The molecule has 1 unspecified atom stereocenters. The average molecular weight is 405 g/mol. The van der Waals surface area contributed by atoms with Gasteiger partial charge in [-0.1, -0.05) is 12.1 Å². The molecule has 0 radical (unpaired) electrons. The van der Waals surface area contributed by atoms with E-state index in [1.807, 2.05) is 0 Å². The summed E-state index contributed by atoms with van der Waals surface area (Å²) in [7, 11) is 0. The number of nitrogens with one attached hydrogen (secondary N) is 2. The van der Waals surface area contributed by atoms with Gasteiger partial charge in [-0.2, -0.15) is 0 Å². The summed E-state index contributed by atoms with van der Waals surface area (Å²) in [5, 5.41) is 10.2. The van der Waals surface area contributed by atoms with Crippen LogP contribution >= 0.6 is 0 Å². The van der Waals surface area contributed by atoms with Gasteiger partial charge in [0.25, 0.3) is 5.91 Å². The molecule has 4 rings (SSSR count). The molecule has 1 aliphatic heterocycles. The van der Waals surface area contributed by atoms with Gasteiger partial charge in [0.05, 0.1) is 6.61 Å². The maximum Gasteiger partial charge on any atom is 0.573 e. The molecule has 0 bridgehead atoms. The number of pyridine rings is 1. The van der Waals surface area contributed by atoms with Crippen LogP contribution in [0.3, 0.4) is 0 Å². The number of fused-ring (bicyclic) bond motifs is 1. The summed E-state index contributed by atoms with van der Waals surface area (Å²) in [5.41, 5.74) is -0.193. The van der Waals surface area contributed by atoms with Gasteiger partial charge >= 0.3 is 6.36 Å². The largest absolute Gasteiger partial charge is 0.573 e. The topological polar surface area (TPSA) is 102 Å². The third-order valence-corrected chi connectivity index (χ3v) is 4.45. The third kappa shape index (κ3) is 3.71. The number of rotatable bonds is 4. The molecule has 0 spiro atoms. The molecule has 0 saturated heterocycles. The number of carbonyl (C=O) groups is 1. The molecule has 29 heavy (non-hydrogen) atoms. The van der Waals surface area contributed by atoms with E-state index in [9.17, 15) is 18.0 Å². The first-order chi connectivity index (χ1) is 13.9. The van der Waals surface area contributed by atoms with E-state index in [0.29, 0.717) is 23.4 Å². The number of halogens is 3. The molecular weight excluding hydrogens is 391 g/mol. The molecule has 3 aromatic rings. The minimum Gasteiger partial charge on any atom is -0.491 e. The monoisotopic (exact) mass is 405 g/mol. The van der Waals surface area contributed by atoms with Crippen LogP contribution in [0.2, 0.25) is 0 Å². The van der Waals surface area contributed by atoms with Crippen LogP contribution in [0.5, 0.6) is 11.5 Å². The molecule has 1 aliphatic rings. The Labute approximate surface area is 162 Å². The fourth-order valence-electron chi connectivity index (χ4n) is 3.25. The van der Waals surface area contributed by atoms with Gasteiger partial charge in [-0.25, -0.2) is 0 Å². The number of benzene rings is 1. The molecule has 0 saturated carbocycles. The first-order valence-corrected chi connectivity index (χ1v) is 8.50. The smallest absolute Gasteiger partial charge is 0.491 e. The van der Waals surface area contributed by atoms with Gasteiger partial charge in [-0.05, 0) is 29.8 Å². The van der Waals surface area contributed by atoms with E-state index in [4.69, 9.17) is 4.74 Å². The zero-order valence-electron chi connectivity index (χ0n) is 14.7. The minimum atomic E-state index is -4.80. The van der Waals surface area contributed by atoms with E-state index < -0.39 is 17.8 Å². The minimum absolute atomic E-state index is 0.00891. The summed E-state index contributed by atoms with van der Waals surface area (Å²) in [4.78, 5) is 19.7. The second kappa shape index (κ2) is 7.08. The van der Waals surface area contributed by atoms with Crippen molar-refractivity contribution in [3.63, 3.8) is 0 Å². The van der Waals surface area contributed by atoms with E-state index in [1.54, 1.807) is 18.3 Å². The SMILES string of the molecule is O=C(NC1(c2ccc(OC(F)(F)F)cc2)CCOc2cccnc21)c1nnc[nH]1. The van der Waals surface area contributed by atoms with Crippen LogP contribution in [0.15, 0.2) is 48.9 Å². The fraction of sp³-hybridized carbons (Fsp3) is 0.222. The number of hydrogen-bond acceptors (Lipinski definition) is 6. The summed E-state index contributed by atoms with van der Waals surface area (Å²) < 4.78 is 47.0. The zero-order chi connectivity index (χ0) is 20.5.